The number of benzene rings is 4. The lowest BCUT2D eigenvalue weighted by Gasteiger charge is -2.34. The van der Waals surface area contributed by atoms with Gasteiger partial charge >= 0.3 is 0 Å². The average molecular weight is 639 g/mol. The number of sulfonamides is 1. The van der Waals surface area contributed by atoms with Gasteiger partial charge in [-0.2, -0.15) is 0 Å². The molecule has 0 unspecified atom stereocenters. The predicted molar refractivity (Wildman–Crippen MR) is 172 cm³/mol. The van der Waals surface area contributed by atoms with Crippen molar-refractivity contribution in [3.8, 4) is 0 Å². The van der Waals surface area contributed by atoms with Gasteiger partial charge in [0.05, 0.1) is 10.6 Å². The molecule has 4 aromatic carbocycles. The molecule has 0 spiro atoms. The van der Waals surface area contributed by atoms with Crippen LogP contribution in [0.25, 0.3) is 0 Å². The van der Waals surface area contributed by atoms with E-state index in [0.29, 0.717) is 27.8 Å². The normalized spacial score (nSPS) is 11.9. The highest BCUT2D eigenvalue weighted by atomic mass is 35.5. The number of carbonyl (C=O) groups excluding carboxylic acids is 2. The summed E-state index contributed by atoms with van der Waals surface area (Å²) in [4.78, 5) is 29.3. The fourth-order valence-corrected chi connectivity index (χ4v) is 6.54. The quantitative estimate of drug-likeness (QED) is 0.198. The van der Waals surface area contributed by atoms with Gasteiger partial charge in [-0.15, -0.1) is 0 Å². The largest absolute Gasteiger partial charge is 0.355 e. The van der Waals surface area contributed by atoms with E-state index in [9.17, 15) is 18.0 Å². The Hall–Kier alpha value is -3.85. The minimum Gasteiger partial charge on any atom is -0.355 e. The average Bonchev–Trinajstić information content (AvgIpc) is 3.00. The first kappa shape index (κ1) is 32.1. The Kier molecular flexibility index (Phi) is 10.9. The van der Waals surface area contributed by atoms with Crippen LogP contribution in [0.5, 0.6) is 0 Å². The Morgan fingerprint density at radius 1 is 0.860 bits per heavy atom. The molecule has 0 fully saturated rings. The zero-order valence-electron chi connectivity index (χ0n) is 23.9. The lowest BCUT2D eigenvalue weighted by Crippen LogP contribution is -2.53. The molecular formula is C33H33Cl2N3O4S. The molecule has 224 valence electrons. The second-order valence-electron chi connectivity index (χ2n) is 10.0. The number of nitrogens with one attached hydrogen (secondary N) is 1. The number of hydrogen-bond donors (Lipinski definition) is 1. The molecule has 1 N–H and O–H groups in total. The SMILES string of the molecule is CCNC(=O)[C@@H](Cc1ccccc1)N(Cc1ccc(Cl)cc1Cl)C(=O)CN(c1ccc(C)cc1)S(=O)(=O)c1ccccc1. The second kappa shape index (κ2) is 14.6. The van der Waals surface area contributed by atoms with E-state index in [1.165, 1.54) is 17.0 Å². The van der Waals surface area contributed by atoms with Gasteiger partial charge in [-0.25, -0.2) is 8.42 Å². The summed E-state index contributed by atoms with van der Waals surface area (Å²) in [5, 5.41) is 3.59. The minimum absolute atomic E-state index is 0.0419. The summed E-state index contributed by atoms with van der Waals surface area (Å²) in [6.07, 6.45) is 0.208. The highest BCUT2D eigenvalue weighted by Gasteiger charge is 2.34. The molecule has 10 heteroatoms. The number of carbonyl (C=O) groups is 2. The van der Waals surface area contributed by atoms with Gasteiger partial charge in [-0.1, -0.05) is 95.5 Å². The summed E-state index contributed by atoms with van der Waals surface area (Å²) in [7, 11) is -4.16. The van der Waals surface area contributed by atoms with Crippen molar-refractivity contribution in [3.05, 3.63) is 130 Å². The van der Waals surface area contributed by atoms with E-state index in [-0.39, 0.29) is 23.8 Å². The van der Waals surface area contributed by atoms with E-state index in [1.54, 1.807) is 67.6 Å². The molecule has 0 heterocycles. The first-order chi connectivity index (χ1) is 20.6. The Balaban J connectivity index is 1.80. The highest BCUT2D eigenvalue weighted by molar-refractivity contribution is 7.92. The van der Waals surface area contributed by atoms with Gasteiger partial charge in [0.1, 0.15) is 12.6 Å². The molecule has 1 atom stereocenters. The third-order valence-corrected chi connectivity index (χ3v) is 9.28. The van der Waals surface area contributed by atoms with Crippen molar-refractivity contribution in [3.63, 3.8) is 0 Å². The van der Waals surface area contributed by atoms with Crippen LogP contribution in [0.3, 0.4) is 0 Å². The van der Waals surface area contributed by atoms with Gasteiger partial charge in [0.2, 0.25) is 11.8 Å². The molecule has 4 aromatic rings. The Morgan fingerprint density at radius 2 is 1.49 bits per heavy atom. The number of likely N-dealkylation sites (N-methyl/N-ethyl adjacent to an activating group) is 1. The Bertz CT molecular complexity index is 1650. The first-order valence-corrected chi connectivity index (χ1v) is 16.0. The Morgan fingerprint density at radius 3 is 2.09 bits per heavy atom. The van der Waals surface area contributed by atoms with Crippen molar-refractivity contribution in [2.75, 3.05) is 17.4 Å². The molecule has 0 aliphatic carbocycles. The molecule has 0 radical (unpaired) electrons. The molecule has 0 aliphatic rings. The maximum atomic E-state index is 14.4. The van der Waals surface area contributed by atoms with Crippen molar-refractivity contribution in [1.82, 2.24) is 10.2 Å². The predicted octanol–water partition coefficient (Wildman–Crippen LogP) is 6.27. The monoisotopic (exact) mass is 637 g/mol. The van der Waals surface area contributed by atoms with Crippen molar-refractivity contribution in [1.29, 1.82) is 0 Å². The topological polar surface area (TPSA) is 86.8 Å². The molecule has 0 aliphatic heterocycles. The van der Waals surface area contributed by atoms with Crippen LogP contribution in [0.2, 0.25) is 10.0 Å². The van der Waals surface area contributed by atoms with E-state index >= 15 is 0 Å². The number of nitrogens with zero attached hydrogens (tertiary/aromatic N) is 2. The van der Waals surface area contributed by atoms with Gasteiger partial charge in [-0.05, 0) is 61.4 Å². The lowest BCUT2D eigenvalue weighted by atomic mass is 10.0. The van der Waals surface area contributed by atoms with Crippen molar-refractivity contribution in [2.45, 2.75) is 37.8 Å². The number of halogens is 2. The van der Waals surface area contributed by atoms with Gasteiger partial charge < -0.3 is 10.2 Å². The summed E-state index contributed by atoms with van der Waals surface area (Å²) in [5.74, 6) is -0.934. The van der Waals surface area contributed by atoms with Crippen LogP contribution in [0.4, 0.5) is 5.69 Å². The van der Waals surface area contributed by atoms with Crippen LogP contribution < -0.4 is 9.62 Å². The summed E-state index contributed by atoms with van der Waals surface area (Å²) in [6, 6.07) is 28.1. The zero-order chi connectivity index (χ0) is 31.0. The van der Waals surface area contributed by atoms with Gasteiger partial charge in [0.25, 0.3) is 10.0 Å². The number of amides is 2. The first-order valence-electron chi connectivity index (χ1n) is 13.8. The molecule has 0 saturated heterocycles. The van der Waals surface area contributed by atoms with Crippen molar-refractivity contribution in [2.24, 2.45) is 0 Å². The van der Waals surface area contributed by atoms with Crippen LogP contribution in [0, 0.1) is 6.92 Å². The number of rotatable bonds is 12. The number of anilines is 1. The number of hydrogen-bond acceptors (Lipinski definition) is 4. The third-order valence-electron chi connectivity index (χ3n) is 6.91. The highest BCUT2D eigenvalue weighted by Crippen LogP contribution is 2.27. The molecule has 0 bridgehead atoms. The Labute approximate surface area is 263 Å². The van der Waals surface area contributed by atoms with Crippen LogP contribution in [0.1, 0.15) is 23.6 Å². The fourth-order valence-electron chi connectivity index (χ4n) is 4.64. The van der Waals surface area contributed by atoms with Gasteiger partial charge in [0, 0.05) is 29.6 Å². The molecule has 7 nitrogen and oxygen atoms in total. The summed E-state index contributed by atoms with van der Waals surface area (Å²) >= 11 is 12.7. The van der Waals surface area contributed by atoms with Crippen LogP contribution >= 0.6 is 23.2 Å². The fraction of sp³-hybridized carbons (Fsp3) is 0.212. The molecule has 2 amide bonds. The van der Waals surface area contributed by atoms with E-state index in [2.05, 4.69) is 5.32 Å². The van der Waals surface area contributed by atoms with Crippen LogP contribution in [0.15, 0.2) is 108 Å². The molecule has 43 heavy (non-hydrogen) atoms. The minimum atomic E-state index is -4.16. The molecule has 0 aromatic heterocycles. The maximum Gasteiger partial charge on any atom is 0.264 e. The summed E-state index contributed by atoms with van der Waals surface area (Å²) < 4.78 is 29.0. The van der Waals surface area contributed by atoms with Gasteiger partial charge in [-0.3, -0.25) is 13.9 Å². The van der Waals surface area contributed by atoms with Crippen LogP contribution in [-0.4, -0.2) is 44.3 Å². The van der Waals surface area contributed by atoms with E-state index in [4.69, 9.17) is 23.2 Å². The summed E-state index contributed by atoms with van der Waals surface area (Å²) in [6.45, 7) is 3.45. The van der Waals surface area contributed by atoms with E-state index in [1.807, 2.05) is 37.3 Å². The van der Waals surface area contributed by atoms with Crippen molar-refractivity contribution >= 4 is 50.7 Å². The molecule has 0 saturated carbocycles. The van der Waals surface area contributed by atoms with E-state index in [0.717, 1.165) is 15.4 Å². The van der Waals surface area contributed by atoms with Crippen LogP contribution in [-0.2, 0) is 32.6 Å². The smallest absolute Gasteiger partial charge is 0.264 e. The standard InChI is InChI=1S/C33H33Cl2N3O4S/c1-3-36-33(40)31(20-25-10-6-4-7-11-25)37(22-26-16-17-27(34)21-30(26)35)32(39)23-38(28-18-14-24(2)15-19-28)43(41,42)29-12-8-5-9-13-29/h4-19,21,31H,3,20,22-23H2,1-2H3,(H,36,40)/t31-/m1/s1. The van der Waals surface area contributed by atoms with E-state index < -0.39 is 28.5 Å². The van der Waals surface area contributed by atoms with Gasteiger partial charge in [0.15, 0.2) is 0 Å². The van der Waals surface area contributed by atoms with Crippen molar-refractivity contribution < 1.29 is 18.0 Å². The summed E-state index contributed by atoms with van der Waals surface area (Å²) in [5.41, 5.74) is 2.66. The maximum absolute atomic E-state index is 14.4. The third kappa shape index (κ3) is 8.16. The molecule has 4 rings (SSSR count). The lowest BCUT2D eigenvalue weighted by molar-refractivity contribution is -0.140. The molecular weight excluding hydrogens is 605 g/mol. The second-order valence-corrected chi connectivity index (χ2v) is 12.7. The number of aryl methyl sites for hydroxylation is 1. The zero-order valence-corrected chi connectivity index (χ0v) is 26.2.